The van der Waals surface area contributed by atoms with Gasteiger partial charge in [0.05, 0.1) is 7.11 Å². The maximum Gasteiger partial charge on any atom is 0.123 e. The Morgan fingerprint density at radius 2 is 2.05 bits per heavy atom. The number of ether oxygens (including phenoxy) is 1. The lowest BCUT2D eigenvalue weighted by atomic mass is 10.2. The predicted molar refractivity (Wildman–Crippen MR) is 80.8 cm³/mol. The zero-order chi connectivity index (χ0) is 13.7. The normalized spacial score (nSPS) is 12.4. The maximum atomic E-state index is 5.17. The number of rotatable bonds is 6. The van der Waals surface area contributed by atoms with Gasteiger partial charge in [-0.05, 0) is 44.2 Å². The van der Waals surface area contributed by atoms with Crippen LogP contribution in [0.15, 0.2) is 30.5 Å². The minimum Gasteiger partial charge on any atom is -0.497 e. The molecular formula is C15H20N2OS. The molecule has 19 heavy (non-hydrogen) atoms. The van der Waals surface area contributed by atoms with Crippen LogP contribution in [0.5, 0.6) is 5.75 Å². The van der Waals surface area contributed by atoms with Gasteiger partial charge in [0.1, 0.15) is 10.8 Å². The van der Waals surface area contributed by atoms with Gasteiger partial charge in [-0.25, -0.2) is 4.98 Å². The molecule has 0 radical (unpaired) electrons. The van der Waals surface area contributed by atoms with Gasteiger partial charge in [0.2, 0.25) is 0 Å². The molecule has 1 heterocycles. The first-order valence-corrected chi connectivity index (χ1v) is 7.39. The summed E-state index contributed by atoms with van der Waals surface area (Å²) in [5, 5.41) is 4.54. The molecular weight excluding hydrogens is 256 g/mol. The summed E-state index contributed by atoms with van der Waals surface area (Å²) >= 11 is 1.74. The van der Waals surface area contributed by atoms with Gasteiger partial charge in [-0.15, -0.1) is 11.3 Å². The van der Waals surface area contributed by atoms with E-state index in [0.717, 1.165) is 29.3 Å². The van der Waals surface area contributed by atoms with Crippen molar-refractivity contribution >= 4 is 11.3 Å². The van der Waals surface area contributed by atoms with Crippen molar-refractivity contribution < 1.29 is 4.74 Å². The van der Waals surface area contributed by atoms with E-state index in [-0.39, 0.29) is 0 Å². The largest absolute Gasteiger partial charge is 0.497 e. The van der Waals surface area contributed by atoms with E-state index in [1.807, 2.05) is 30.5 Å². The first-order chi connectivity index (χ1) is 9.24. The van der Waals surface area contributed by atoms with E-state index in [9.17, 15) is 0 Å². The molecule has 0 bridgehead atoms. The molecule has 0 saturated heterocycles. The van der Waals surface area contributed by atoms with Crippen LogP contribution in [0.3, 0.4) is 0 Å². The number of thiazole rings is 1. The predicted octanol–water partition coefficient (Wildman–Crippen LogP) is 3.88. The summed E-state index contributed by atoms with van der Waals surface area (Å²) < 4.78 is 5.17. The Kier molecular flexibility index (Phi) is 4.93. The van der Waals surface area contributed by atoms with E-state index >= 15 is 0 Å². The first kappa shape index (κ1) is 14.0. The van der Waals surface area contributed by atoms with Crippen LogP contribution in [0, 0.1) is 0 Å². The Morgan fingerprint density at radius 1 is 1.32 bits per heavy atom. The van der Waals surface area contributed by atoms with Crippen LogP contribution in [0.1, 0.15) is 31.2 Å². The zero-order valence-electron chi connectivity index (χ0n) is 11.6. The highest BCUT2D eigenvalue weighted by molar-refractivity contribution is 7.15. The Balaban J connectivity index is 2.11. The molecule has 1 aromatic heterocycles. The summed E-state index contributed by atoms with van der Waals surface area (Å²) in [5.74, 6) is 0.874. The van der Waals surface area contributed by atoms with Crippen LogP contribution in [0.2, 0.25) is 0 Å². The Morgan fingerprint density at radius 3 is 2.68 bits per heavy atom. The number of hydrogen-bond acceptors (Lipinski definition) is 4. The molecule has 2 aromatic rings. The summed E-state index contributed by atoms with van der Waals surface area (Å²) in [4.78, 5) is 5.79. The SMILES string of the molecule is CCCNC(C)c1cnc(-c2ccc(OC)cc2)s1. The molecule has 0 fully saturated rings. The lowest BCUT2D eigenvalue weighted by molar-refractivity contribution is 0.415. The third kappa shape index (κ3) is 3.55. The maximum absolute atomic E-state index is 5.17. The van der Waals surface area contributed by atoms with E-state index in [1.54, 1.807) is 18.4 Å². The van der Waals surface area contributed by atoms with Gasteiger partial charge < -0.3 is 10.1 Å². The highest BCUT2D eigenvalue weighted by Crippen LogP contribution is 2.29. The Hall–Kier alpha value is -1.39. The van der Waals surface area contributed by atoms with E-state index in [2.05, 4.69) is 24.1 Å². The summed E-state index contributed by atoms with van der Waals surface area (Å²) in [6.07, 6.45) is 3.12. The average molecular weight is 276 g/mol. The monoisotopic (exact) mass is 276 g/mol. The molecule has 0 saturated carbocycles. The molecule has 0 aliphatic rings. The third-order valence-electron chi connectivity index (χ3n) is 2.99. The van der Waals surface area contributed by atoms with Crippen LogP contribution >= 0.6 is 11.3 Å². The smallest absolute Gasteiger partial charge is 0.123 e. The zero-order valence-corrected chi connectivity index (χ0v) is 12.5. The van der Waals surface area contributed by atoms with Gasteiger partial charge in [0.25, 0.3) is 0 Å². The summed E-state index contributed by atoms with van der Waals surface area (Å²) in [5.41, 5.74) is 1.14. The van der Waals surface area contributed by atoms with Crippen LogP contribution in [0.25, 0.3) is 10.6 Å². The highest BCUT2D eigenvalue weighted by Gasteiger charge is 2.10. The van der Waals surface area contributed by atoms with Crippen LogP contribution in [0.4, 0.5) is 0 Å². The van der Waals surface area contributed by atoms with Gasteiger partial charge in [-0.1, -0.05) is 6.92 Å². The van der Waals surface area contributed by atoms with Gasteiger partial charge >= 0.3 is 0 Å². The lowest BCUT2D eigenvalue weighted by Crippen LogP contribution is -2.18. The molecule has 1 atom stereocenters. The van der Waals surface area contributed by atoms with Gasteiger partial charge in [0, 0.05) is 22.7 Å². The first-order valence-electron chi connectivity index (χ1n) is 6.58. The molecule has 0 aliphatic carbocycles. The topological polar surface area (TPSA) is 34.2 Å². The summed E-state index contributed by atoms with van der Waals surface area (Å²) in [6.45, 7) is 5.40. The lowest BCUT2D eigenvalue weighted by Gasteiger charge is -2.09. The van der Waals surface area contributed by atoms with Crippen molar-refractivity contribution in [1.29, 1.82) is 0 Å². The highest BCUT2D eigenvalue weighted by atomic mass is 32.1. The van der Waals surface area contributed by atoms with E-state index in [0.29, 0.717) is 6.04 Å². The average Bonchev–Trinajstić information content (AvgIpc) is 2.94. The minimum absolute atomic E-state index is 0.365. The molecule has 1 N–H and O–H groups in total. The fourth-order valence-electron chi connectivity index (χ4n) is 1.82. The van der Waals surface area contributed by atoms with E-state index in [4.69, 9.17) is 4.74 Å². The fourth-order valence-corrected chi connectivity index (χ4v) is 2.76. The second-order valence-corrected chi connectivity index (χ2v) is 5.53. The number of methoxy groups -OCH3 is 1. The molecule has 0 aliphatic heterocycles. The van der Waals surface area contributed by atoms with Crippen molar-refractivity contribution in [3.8, 4) is 16.3 Å². The van der Waals surface area contributed by atoms with E-state index < -0.39 is 0 Å². The molecule has 102 valence electrons. The quantitative estimate of drug-likeness (QED) is 0.869. The van der Waals surface area contributed by atoms with Crippen LogP contribution in [-0.4, -0.2) is 18.6 Å². The minimum atomic E-state index is 0.365. The number of hydrogen-bond donors (Lipinski definition) is 1. The van der Waals surface area contributed by atoms with Crippen LogP contribution in [-0.2, 0) is 0 Å². The van der Waals surface area contributed by atoms with Crippen molar-refractivity contribution in [2.75, 3.05) is 13.7 Å². The molecule has 1 unspecified atom stereocenters. The third-order valence-corrected chi connectivity index (χ3v) is 4.22. The molecule has 0 amide bonds. The Bertz CT molecular complexity index is 507. The van der Waals surface area contributed by atoms with Crippen molar-refractivity contribution in [2.45, 2.75) is 26.3 Å². The molecule has 4 heteroatoms. The van der Waals surface area contributed by atoms with Crippen LogP contribution < -0.4 is 10.1 Å². The fraction of sp³-hybridized carbons (Fsp3) is 0.400. The molecule has 2 rings (SSSR count). The summed E-state index contributed by atoms with van der Waals surface area (Å²) in [7, 11) is 1.68. The number of benzene rings is 1. The summed E-state index contributed by atoms with van der Waals surface area (Å²) in [6, 6.07) is 8.39. The number of nitrogens with one attached hydrogen (secondary N) is 1. The molecule has 3 nitrogen and oxygen atoms in total. The van der Waals surface area contributed by atoms with Gasteiger partial charge in [0.15, 0.2) is 0 Å². The molecule has 1 aromatic carbocycles. The van der Waals surface area contributed by atoms with Crippen molar-refractivity contribution in [3.63, 3.8) is 0 Å². The molecule has 0 spiro atoms. The van der Waals surface area contributed by atoms with Crippen molar-refractivity contribution in [1.82, 2.24) is 10.3 Å². The van der Waals surface area contributed by atoms with Crippen molar-refractivity contribution in [2.24, 2.45) is 0 Å². The standard InChI is InChI=1S/C15H20N2OS/c1-4-9-16-11(2)14-10-17-15(19-14)12-5-7-13(18-3)8-6-12/h5-8,10-11,16H,4,9H2,1-3H3. The number of aromatic nitrogens is 1. The van der Waals surface area contributed by atoms with E-state index in [1.165, 1.54) is 4.88 Å². The second kappa shape index (κ2) is 6.68. The van der Waals surface area contributed by atoms with Gasteiger partial charge in [-0.3, -0.25) is 0 Å². The second-order valence-electron chi connectivity index (χ2n) is 4.47. The van der Waals surface area contributed by atoms with Crippen molar-refractivity contribution in [3.05, 3.63) is 35.3 Å². The Labute approximate surface area is 118 Å². The van der Waals surface area contributed by atoms with Gasteiger partial charge in [-0.2, -0.15) is 0 Å². The number of nitrogens with zero attached hydrogens (tertiary/aromatic N) is 1.